The Morgan fingerprint density at radius 3 is 2.79 bits per heavy atom. The molecule has 154 valence electrons. The van der Waals surface area contributed by atoms with Crippen molar-refractivity contribution in [2.24, 2.45) is 0 Å². The van der Waals surface area contributed by atoms with E-state index in [4.69, 9.17) is 8.83 Å². The van der Waals surface area contributed by atoms with Gasteiger partial charge >= 0.3 is 0 Å². The van der Waals surface area contributed by atoms with Gasteiger partial charge in [-0.2, -0.15) is 0 Å². The number of aliphatic hydroxyl groups excluding tert-OH is 1. The first-order chi connectivity index (χ1) is 13.6. The van der Waals surface area contributed by atoms with Crippen molar-refractivity contribution in [3.63, 3.8) is 0 Å². The lowest BCUT2D eigenvalue weighted by molar-refractivity contribution is 0.0627. The van der Waals surface area contributed by atoms with Crippen LogP contribution in [0.25, 0.3) is 0 Å². The molecular weight excluding hydrogens is 360 g/mol. The van der Waals surface area contributed by atoms with Gasteiger partial charge in [0.25, 0.3) is 5.91 Å². The van der Waals surface area contributed by atoms with Crippen LogP contribution in [0, 0.1) is 0 Å². The molecule has 3 heterocycles. The van der Waals surface area contributed by atoms with E-state index in [1.165, 1.54) is 6.26 Å². The number of nitrogens with zero attached hydrogens (tertiary/aromatic N) is 3. The molecule has 1 unspecified atom stereocenters. The minimum atomic E-state index is -0.280. The van der Waals surface area contributed by atoms with Crippen LogP contribution in [0.1, 0.15) is 48.3 Å². The summed E-state index contributed by atoms with van der Waals surface area (Å²) in [5.74, 6) is 0.951. The number of amides is 1. The predicted molar refractivity (Wildman–Crippen MR) is 104 cm³/mol. The molecule has 0 radical (unpaired) electrons. The summed E-state index contributed by atoms with van der Waals surface area (Å²) in [7, 11) is 0. The summed E-state index contributed by atoms with van der Waals surface area (Å²) >= 11 is 0. The van der Waals surface area contributed by atoms with Crippen molar-refractivity contribution < 1.29 is 18.7 Å². The summed E-state index contributed by atoms with van der Waals surface area (Å²) in [5.41, 5.74) is 0.277. The van der Waals surface area contributed by atoms with Crippen molar-refractivity contribution in [3.8, 4) is 0 Å². The molecule has 0 saturated carbocycles. The third-order valence-corrected chi connectivity index (χ3v) is 4.97. The van der Waals surface area contributed by atoms with E-state index in [0.29, 0.717) is 24.7 Å². The maximum absolute atomic E-state index is 12.1. The number of rotatable bonds is 10. The second kappa shape index (κ2) is 10.4. The van der Waals surface area contributed by atoms with Crippen LogP contribution in [0.4, 0.5) is 0 Å². The van der Waals surface area contributed by atoms with Gasteiger partial charge in [-0.1, -0.05) is 19.8 Å². The number of nitrogens with one attached hydrogen (secondary N) is 1. The molecular formula is C20H30N4O4. The average molecular weight is 390 g/mol. The highest BCUT2D eigenvalue weighted by molar-refractivity contribution is 5.91. The van der Waals surface area contributed by atoms with Crippen LogP contribution in [-0.4, -0.2) is 64.6 Å². The zero-order valence-electron chi connectivity index (χ0n) is 16.5. The highest BCUT2D eigenvalue weighted by atomic mass is 16.3. The van der Waals surface area contributed by atoms with Crippen molar-refractivity contribution in [1.82, 2.24) is 20.1 Å². The average Bonchev–Trinajstić information content (AvgIpc) is 3.38. The van der Waals surface area contributed by atoms with Crippen LogP contribution in [0.3, 0.4) is 0 Å². The van der Waals surface area contributed by atoms with Gasteiger partial charge in [0.2, 0.25) is 5.89 Å². The van der Waals surface area contributed by atoms with E-state index in [9.17, 15) is 9.90 Å². The number of aliphatic hydroxyl groups is 1. The number of oxazole rings is 1. The zero-order chi connectivity index (χ0) is 19.8. The van der Waals surface area contributed by atoms with Crippen molar-refractivity contribution >= 4 is 5.91 Å². The van der Waals surface area contributed by atoms with Crippen LogP contribution < -0.4 is 5.32 Å². The third kappa shape index (κ3) is 6.19. The maximum atomic E-state index is 12.1. The monoisotopic (exact) mass is 390 g/mol. The Bertz CT molecular complexity index is 708. The standard InChI is InChI=1S/C20H30N4O4/c1-2-3-5-16(25)13-23-7-9-24(10-8-23)14-19-22-18(15-28-19)20(26)21-12-17-6-4-11-27-17/h4,6,11,15-16,25H,2-3,5,7-10,12-14H2,1H3,(H,21,26). The Morgan fingerprint density at radius 2 is 2.07 bits per heavy atom. The first-order valence-corrected chi connectivity index (χ1v) is 10.0. The number of β-amino-alcohol motifs (C(OH)–C–C–N with tert-alkyl or cyclic N) is 1. The van der Waals surface area contributed by atoms with E-state index in [1.54, 1.807) is 18.4 Å². The van der Waals surface area contributed by atoms with Crippen molar-refractivity contribution in [2.75, 3.05) is 32.7 Å². The summed E-state index contributed by atoms with van der Waals surface area (Å²) in [5, 5.41) is 12.8. The van der Waals surface area contributed by atoms with Crippen molar-refractivity contribution in [3.05, 3.63) is 42.0 Å². The Labute approximate surface area is 165 Å². The fraction of sp³-hybridized carbons (Fsp3) is 0.600. The summed E-state index contributed by atoms with van der Waals surface area (Å²) in [4.78, 5) is 21.0. The third-order valence-electron chi connectivity index (χ3n) is 4.97. The van der Waals surface area contributed by atoms with Crippen molar-refractivity contribution in [2.45, 2.75) is 45.4 Å². The molecule has 1 atom stereocenters. The molecule has 0 spiro atoms. The second-order valence-electron chi connectivity index (χ2n) is 7.26. The van der Waals surface area contributed by atoms with Gasteiger partial charge in [0.1, 0.15) is 12.0 Å². The summed E-state index contributed by atoms with van der Waals surface area (Å²) < 4.78 is 10.7. The van der Waals surface area contributed by atoms with Gasteiger partial charge in [0, 0.05) is 32.7 Å². The number of carbonyl (C=O) groups is 1. The molecule has 1 aliphatic rings. The van der Waals surface area contributed by atoms with Crippen LogP contribution in [-0.2, 0) is 13.1 Å². The number of aromatic nitrogens is 1. The predicted octanol–water partition coefficient (Wildman–Crippen LogP) is 1.87. The Kier molecular flexibility index (Phi) is 7.64. The molecule has 2 aromatic heterocycles. The molecule has 0 bridgehead atoms. The summed E-state index contributed by atoms with van der Waals surface area (Å²) in [6.45, 7) is 7.40. The fourth-order valence-electron chi connectivity index (χ4n) is 3.31. The minimum Gasteiger partial charge on any atom is -0.467 e. The van der Waals surface area contributed by atoms with Gasteiger partial charge in [-0.3, -0.25) is 14.6 Å². The molecule has 1 amide bonds. The molecule has 1 saturated heterocycles. The highest BCUT2D eigenvalue weighted by Gasteiger charge is 2.21. The normalized spacial score (nSPS) is 16.9. The van der Waals surface area contributed by atoms with E-state index in [1.807, 2.05) is 0 Å². The SMILES string of the molecule is CCCCC(O)CN1CCN(Cc2nc(C(=O)NCc3ccco3)co2)CC1. The van der Waals surface area contributed by atoms with E-state index < -0.39 is 0 Å². The van der Waals surface area contributed by atoms with Gasteiger partial charge in [-0.25, -0.2) is 4.98 Å². The van der Waals surface area contributed by atoms with E-state index in [-0.39, 0.29) is 17.7 Å². The molecule has 8 nitrogen and oxygen atoms in total. The molecule has 2 aromatic rings. The molecule has 8 heteroatoms. The lowest BCUT2D eigenvalue weighted by Gasteiger charge is -2.35. The Hall–Kier alpha value is -2.16. The van der Waals surface area contributed by atoms with E-state index >= 15 is 0 Å². The fourth-order valence-corrected chi connectivity index (χ4v) is 3.31. The van der Waals surface area contributed by atoms with Gasteiger partial charge in [-0.15, -0.1) is 0 Å². The number of furan rings is 1. The Balaban J connectivity index is 1.39. The molecule has 0 aromatic carbocycles. The molecule has 1 fully saturated rings. The number of hydrogen-bond acceptors (Lipinski definition) is 7. The number of piperazine rings is 1. The zero-order valence-corrected chi connectivity index (χ0v) is 16.5. The quantitative estimate of drug-likeness (QED) is 0.639. The molecule has 28 heavy (non-hydrogen) atoms. The van der Waals surface area contributed by atoms with Gasteiger partial charge in [0.05, 0.1) is 25.5 Å². The lowest BCUT2D eigenvalue weighted by Crippen LogP contribution is -2.48. The lowest BCUT2D eigenvalue weighted by atomic mass is 10.1. The van der Waals surface area contributed by atoms with E-state index in [2.05, 4.69) is 27.0 Å². The van der Waals surface area contributed by atoms with Crippen LogP contribution >= 0.6 is 0 Å². The molecule has 0 aliphatic carbocycles. The summed E-state index contributed by atoms with van der Waals surface area (Å²) in [6.07, 6.45) is 5.79. The van der Waals surface area contributed by atoms with Gasteiger partial charge in [-0.05, 0) is 18.6 Å². The Morgan fingerprint density at radius 1 is 1.29 bits per heavy atom. The number of hydrogen-bond donors (Lipinski definition) is 2. The largest absolute Gasteiger partial charge is 0.467 e. The topological polar surface area (TPSA) is 95.0 Å². The van der Waals surface area contributed by atoms with Crippen LogP contribution in [0.15, 0.2) is 33.5 Å². The molecule has 1 aliphatic heterocycles. The van der Waals surface area contributed by atoms with Gasteiger partial charge in [0.15, 0.2) is 5.69 Å². The molecule has 3 rings (SSSR count). The summed E-state index contributed by atoms with van der Waals surface area (Å²) in [6, 6.07) is 3.58. The van der Waals surface area contributed by atoms with Crippen LogP contribution in [0.2, 0.25) is 0 Å². The maximum Gasteiger partial charge on any atom is 0.273 e. The second-order valence-corrected chi connectivity index (χ2v) is 7.26. The van der Waals surface area contributed by atoms with Crippen molar-refractivity contribution in [1.29, 1.82) is 0 Å². The minimum absolute atomic E-state index is 0.236. The number of unbranched alkanes of at least 4 members (excludes halogenated alkanes) is 1. The smallest absolute Gasteiger partial charge is 0.273 e. The van der Waals surface area contributed by atoms with Gasteiger partial charge < -0.3 is 19.3 Å². The number of carbonyl (C=O) groups excluding carboxylic acids is 1. The highest BCUT2D eigenvalue weighted by Crippen LogP contribution is 2.11. The first-order valence-electron chi connectivity index (χ1n) is 10.0. The van der Waals surface area contributed by atoms with E-state index in [0.717, 1.165) is 52.0 Å². The van der Waals surface area contributed by atoms with Crippen LogP contribution in [0.5, 0.6) is 0 Å². The first kappa shape index (κ1) is 20.6. The molecule has 2 N–H and O–H groups in total.